The van der Waals surface area contributed by atoms with E-state index in [4.69, 9.17) is 23.2 Å². The van der Waals surface area contributed by atoms with Crippen molar-refractivity contribution in [2.45, 2.75) is 12.8 Å². The van der Waals surface area contributed by atoms with Gasteiger partial charge in [-0.25, -0.2) is 13.8 Å². The average Bonchev–Trinajstić information content (AvgIpc) is 2.74. The minimum Gasteiger partial charge on any atom is -0.506 e. The summed E-state index contributed by atoms with van der Waals surface area (Å²) in [5.74, 6) is -0.580. The van der Waals surface area contributed by atoms with Crippen LogP contribution in [-0.4, -0.2) is 37.2 Å². The molecule has 1 saturated heterocycles. The molecule has 6 nitrogen and oxygen atoms in total. The second kappa shape index (κ2) is 6.85. The first-order chi connectivity index (χ1) is 10.3. The molecule has 1 aliphatic heterocycles. The molecule has 1 atom stereocenters. The molecule has 1 amide bonds. The summed E-state index contributed by atoms with van der Waals surface area (Å²) in [6, 6.07) is 2.83. The van der Waals surface area contributed by atoms with Gasteiger partial charge in [0.15, 0.2) is 9.84 Å². The molecule has 1 aromatic rings. The summed E-state index contributed by atoms with van der Waals surface area (Å²) in [6.07, 6.45) is 1.80. The fraction of sp³-hybridized carbons (Fsp3) is 0.385. The Morgan fingerprint density at radius 1 is 1.45 bits per heavy atom. The maximum absolute atomic E-state index is 11.7. The zero-order valence-electron chi connectivity index (χ0n) is 11.4. The lowest BCUT2D eigenvalue weighted by molar-refractivity contribution is -0.121. The van der Waals surface area contributed by atoms with Crippen LogP contribution < -0.4 is 5.43 Å². The average molecular weight is 365 g/mol. The highest BCUT2D eigenvalue weighted by molar-refractivity contribution is 7.91. The number of hydrogen-bond donors (Lipinski definition) is 2. The van der Waals surface area contributed by atoms with Gasteiger partial charge in [-0.1, -0.05) is 23.2 Å². The van der Waals surface area contributed by atoms with E-state index in [2.05, 4.69) is 10.5 Å². The van der Waals surface area contributed by atoms with Crippen LogP contribution in [0.1, 0.15) is 18.4 Å². The highest BCUT2D eigenvalue weighted by Gasteiger charge is 2.29. The molecule has 0 aromatic heterocycles. The molecule has 0 unspecified atom stereocenters. The lowest BCUT2D eigenvalue weighted by atomic mass is 10.1. The predicted molar refractivity (Wildman–Crippen MR) is 85.2 cm³/mol. The number of nitrogens with one attached hydrogen (secondary N) is 1. The standard InChI is InChI=1S/C13H14Cl2N2O4S/c14-10-4-9(13(19)11(15)5-10)6-16-17-12(18)3-8-1-2-22(20,21)7-8/h4-6,8,19H,1-3,7H2,(H,17,18)/b16-6+/t8-/m0/s1. The summed E-state index contributed by atoms with van der Waals surface area (Å²) >= 11 is 11.6. The first-order valence-electron chi connectivity index (χ1n) is 6.47. The van der Waals surface area contributed by atoms with Gasteiger partial charge in [0.1, 0.15) is 5.75 Å². The zero-order valence-corrected chi connectivity index (χ0v) is 13.7. The molecular formula is C13H14Cl2N2O4S. The highest BCUT2D eigenvalue weighted by Crippen LogP contribution is 2.29. The zero-order chi connectivity index (χ0) is 16.3. The number of carbonyl (C=O) groups is 1. The van der Waals surface area contributed by atoms with Crippen molar-refractivity contribution < 1.29 is 18.3 Å². The Labute approximate surface area is 138 Å². The first-order valence-corrected chi connectivity index (χ1v) is 9.05. The van der Waals surface area contributed by atoms with Gasteiger partial charge in [-0.3, -0.25) is 4.79 Å². The van der Waals surface area contributed by atoms with Crippen LogP contribution in [0.3, 0.4) is 0 Å². The smallest absolute Gasteiger partial charge is 0.240 e. The number of hydrogen-bond acceptors (Lipinski definition) is 5. The maximum Gasteiger partial charge on any atom is 0.240 e. The van der Waals surface area contributed by atoms with Crippen molar-refractivity contribution in [3.05, 3.63) is 27.7 Å². The molecule has 9 heteroatoms. The molecule has 1 aromatic carbocycles. The highest BCUT2D eigenvalue weighted by atomic mass is 35.5. The summed E-state index contributed by atoms with van der Waals surface area (Å²) < 4.78 is 22.6. The summed E-state index contributed by atoms with van der Waals surface area (Å²) in [4.78, 5) is 11.7. The van der Waals surface area contributed by atoms with Gasteiger partial charge in [-0.05, 0) is 24.5 Å². The molecule has 1 heterocycles. The van der Waals surface area contributed by atoms with E-state index < -0.39 is 9.84 Å². The lowest BCUT2D eigenvalue weighted by Crippen LogP contribution is -2.21. The second-order valence-corrected chi connectivity index (χ2v) is 8.16. The Morgan fingerprint density at radius 2 is 2.18 bits per heavy atom. The van der Waals surface area contributed by atoms with Gasteiger partial charge in [0.25, 0.3) is 0 Å². The number of carbonyl (C=O) groups excluding carboxylic acids is 1. The number of aromatic hydroxyl groups is 1. The third-order valence-electron chi connectivity index (χ3n) is 3.25. The molecule has 1 fully saturated rings. The van der Waals surface area contributed by atoms with Crippen molar-refractivity contribution >= 4 is 45.2 Å². The topological polar surface area (TPSA) is 95.8 Å². The van der Waals surface area contributed by atoms with Crippen LogP contribution >= 0.6 is 23.2 Å². The summed E-state index contributed by atoms with van der Waals surface area (Å²) in [5, 5.41) is 13.8. The van der Waals surface area contributed by atoms with E-state index in [0.29, 0.717) is 11.4 Å². The van der Waals surface area contributed by atoms with Gasteiger partial charge in [0.2, 0.25) is 5.91 Å². The number of nitrogens with zero attached hydrogens (tertiary/aromatic N) is 1. The monoisotopic (exact) mass is 364 g/mol. The Bertz CT molecular complexity index is 719. The van der Waals surface area contributed by atoms with E-state index in [9.17, 15) is 18.3 Å². The van der Waals surface area contributed by atoms with Crippen molar-refractivity contribution in [3.8, 4) is 5.75 Å². The summed E-state index contributed by atoms with van der Waals surface area (Å²) in [6.45, 7) is 0. The van der Waals surface area contributed by atoms with E-state index in [1.165, 1.54) is 18.3 Å². The van der Waals surface area contributed by atoms with E-state index in [0.717, 1.165) is 0 Å². The summed E-state index contributed by atoms with van der Waals surface area (Å²) in [5.41, 5.74) is 2.55. The van der Waals surface area contributed by atoms with Crippen molar-refractivity contribution in [1.29, 1.82) is 0 Å². The third kappa shape index (κ3) is 4.59. The summed E-state index contributed by atoms with van der Waals surface area (Å²) in [7, 11) is -3.00. The minimum atomic E-state index is -3.00. The second-order valence-electron chi connectivity index (χ2n) is 5.09. The van der Waals surface area contributed by atoms with Crippen LogP contribution in [0.2, 0.25) is 10.0 Å². The molecule has 1 aliphatic rings. The van der Waals surface area contributed by atoms with Crippen LogP contribution in [0, 0.1) is 5.92 Å². The Morgan fingerprint density at radius 3 is 2.82 bits per heavy atom. The van der Waals surface area contributed by atoms with E-state index >= 15 is 0 Å². The minimum absolute atomic E-state index is 0.0365. The molecule has 0 saturated carbocycles. The molecule has 2 rings (SSSR count). The molecule has 0 radical (unpaired) electrons. The largest absolute Gasteiger partial charge is 0.506 e. The van der Waals surface area contributed by atoms with E-state index in [-0.39, 0.29) is 46.1 Å². The number of benzene rings is 1. The van der Waals surface area contributed by atoms with Crippen molar-refractivity contribution in [2.75, 3.05) is 11.5 Å². The Balaban J connectivity index is 1.91. The number of amides is 1. The van der Waals surface area contributed by atoms with Gasteiger partial charge < -0.3 is 5.11 Å². The van der Waals surface area contributed by atoms with Gasteiger partial charge in [-0.2, -0.15) is 5.10 Å². The predicted octanol–water partition coefficient (Wildman–Crippen LogP) is 1.97. The quantitative estimate of drug-likeness (QED) is 0.630. The van der Waals surface area contributed by atoms with Crippen LogP contribution in [0.5, 0.6) is 5.75 Å². The van der Waals surface area contributed by atoms with Crippen LogP contribution in [0.15, 0.2) is 17.2 Å². The van der Waals surface area contributed by atoms with Crippen molar-refractivity contribution in [3.63, 3.8) is 0 Å². The van der Waals surface area contributed by atoms with Crippen LogP contribution in [-0.2, 0) is 14.6 Å². The molecule has 0 bridgehead atoms. The number of phenolic OH excluding ortho intramolecular Hbond substituents is 1. The number of phenols is 1. The molecule has 22 heavy (non-hydrogen) atoms. The molecule has 0 aliphatic carbocycles. The van der Waals surface area contributed by atoms with Gasteiger partial charge in [-0.15, -0.1) is 0 Å². The van der Waals surface area contributed by atoms with Gasteiger partial charge in [0, 0.05) is 17.0 Å². The molecule has 120 valence electrons. The SMILES string of the molecule is O=C(C[C@@H]1CCS(=O)(=O)C1)N/N=C/c1cc(Cl)cc(Cl)c1O. The fourth-order valence-electron chi connectivity index (χ4n) is 2.20. The maximum atomic E-state index is 11.7. The normalized spacial score (nSPS) is 20.4. The van der Waals surface area contributed by atoms with Crippen molar-refractivity contribution in [1.82, 2.24) is 5.43 Å². The third-order valence-corrected chi connectivity index (χ3v) is 5.59. The van der Waals surface area contributed by atoms with Gasteiger partial charge >= 0.3 is 0 Å². The number of sulfone groups is 1. The Hall–Kier alpha value is -1.31. The van der Waals surface area contributed by atoms with Gasteiger partial charge in [0.05, 0.1) is 22.7 Å². The molecule has 0 spiro atoms. The lowest BCUT2D eigenvalue weighted by Gasteiger charge is -2.05. The fourth-order valence-corrected chi connectivity index (χ4v) is 4.57. The molecule has 2 N–H and O–H groups in total. The van der Waals surface area contributed by atoms with Crippen molar-refractivity contribution in [2.24, 2.45) is 11.0 Å². The molecular weight excluding hydrogens is 351 g/mol. The number of hydrazone groups is 1. The van der Waals surface area contributed by atoms with Crippen LogP contribution in [0.4, 0.5) is 0 Å². The number of rotatable bonds is 4. The Kier molecular flexibility index (Phi) is 5.31. The number of halogens is 2. The van der Waals surface area contributed by atoms with E-state index in [1.807, 2.05) is 0 Å². The first kappa shape index (κ1) is 17.1. The van der Waals surface area contributed by atoms with E-state index in [1.54, 1.807) is 0 Å². The van der Waals surface area contributed by atoms with Crippen LogP contribution in [0.25, 0.3) is 0 Å².